The van der Waals surface area contributed by atoms with Crippen molar-refractivity contribution in [3.8, 4) is 0 Å². The summed E-state index contributed by atoms with van der Waals surface area (Å²) in [5.41, 5.74) is 0. The number of methoxy groups -OCH3 is 1. The summed E-state index contributed by atoms with van der Waals surface area (Å²) in [5, 5.41) is 5.71. The van der Waals surface area contributed by atoms with Gasteiger partial charge in [-0.05, 0) is 12.8 Å². The fourth-order valence-electron chi connectivity index (χ4n) is 2.07. The predicted molar refractivity (Wildman–Crippen MR) is 68.2 cm³/mol. The molecule has 1 aliphatic rings. The molecule has 2 N–H and O–H groups in total. The summed E-state index contributed by atoms with van der Waals surface area (Å²) in [5.74, 6) is 0.0517. The van der Waals surface area contributed by atoms with E-state index in [9.17, 15) is 9.59 Å². The Morgan fingerprint density at radius 1 is 1.33 bits per heavy atom. The minimum absolute atomic E-state index is 0.0192. The quantitative estimate of drug-likeness (QED) is 0.620. The maximum Gasteiger partial charge on any atom is 0.234 e. The van der Waals surface area contributed by atoms with Crippen LogP contribution < -0.4 is 10.6 Å². The molecule has 1 heterocycles. The Balaban J connectivity index is 2.14. The average Bonchev–Trinajstić information content (AvgIpc) is 2.31. The molecular formula is C12H23N3O3. The summed E-state index contributed by atoms with van der Waals surface area (Å²) in [6.07, 6.45) is 1.82. The van der Waals surface area contributed by atoms with Crippen molar-refractivity contribution in [2.75, 3.05) is 39.9 Å². The summed E-state index contributed by atoms with van der Waals surface area (Å²) in [6.45, 7) is 4.76. The van der Waals surface area contributed by atoms with Crippen molar-refractivity contribution in [3.05, 3.63) is 0 Å². The zero-order valence-electron chi connectivity index (χ0n) is 11.2. The first-order valence-electron chi connectivity index (χ1n) is 6.37. The van der Waals surface area contributed by atoms with E-state index in [0.29, 0.717) is 19.7 Å². The third-order valence-electron chi connectivity index (χ3n) is 2.99. The Bertz CT molecular complexity index is 276. The Kier molecular flexibility index (Phi) is 6.67. The number of rotatable bonds is 6. The molecule has 1 fully saturated rings. The van der Waals surface area contributed by atoms with Crippen molar-refractivity contribution in [1.82, 2.24) is 15.5 Å². The van der Waals surface area contributed by atoms with Crippen LogP contribution >= 0.6 is 0 Å². The number of nitrogens with one attached hydrogen (secondary N) is 2. The van der Waals surface area contributed by atoms with Crippen LogP contribution in [0, 0.1) is 0 Å². The van der Waals surface area contributed by atoms with Crippen LogP contribution in [-0.4, -0.2) is 62.7 Å². The molecule has 0 aromatic carbocycles. The first-order chi connectivity index (χ1) is 8.61. The highest BCUT2D eigenvalue weighted by Gasteiger charge is 2.20. The van der Waals surface area contributed by atoms with Crippen LogP contribution in [0.3, 0.4) is 0 Å². The second kappa shape index (κ2) is 8.05. The van der Waals surface area contributed by atoms with Gasteiger partial charge in [-0.2, -0.15) is 0 Å². The van der Waals surface area contributed by atoms with Gasteiger partial charge < -0.3 is 15.4 Å². The normalized spacial score (nSPS) is 17.4. The summed E-state index contributed by atoms with van der Waals surface area (Å²) < 4.78 is 4.86. The van der Waals surface area contributed by atoms with E-state index in [-0.39, 0.29) is 17.9 Å². The molecule has 0 spiro atoms. The van der Waals surface area contributed by atoms with Gasteiger partial charge in [0.25, 0.3) is 0 Å². The van der Waals surface area contributed by atoms with Crippen molar-refractivity contribution in [3.63, 3.8) is 0 Å². The average molecular weight is 257 g/mol. The zero-order valence-corrected chi connectivity index (χ0v) is 11.2. The van der Waals surface area contributed by atoms with Crippen molar-refractivity contribution in [2.24, 2.45) is 0 Å². The van der Waals surface area contributed by atoms with Gasteiger partial charge in [-0.25, -0.2) is 0 Å². The lowest BCUT2D eigenvalue weighted by Gasteiger charge is -2.31. The number of carbonyl (C=O) groups excluding carboxylic acids is 2. The number of nitrogens with zero attached hydrogens (tertiary/aromatic N) is 1. The number of likely N-dealkylation sites (tertiary alicyclic amines) is 1. The molecule has 0 atom stereocenters. The van der Waals surface area contributed by atoms with Gasteiger partial charge in [-0.1, -0.05) is 0 Å². The lowest BCUT2D eigenvalue weighted by molar-refractivity contribution is -0.123. The maximum absolute atomic E-state index is 11.6. The molecule has 0 bridgehead atoms. The van der Waals surface area contributed by atoms with Gasteiger partial charge in [-0.15, -0.1) is 0 Å². The van der Waals surface area contributed by atoms with Crippen LogP contribution in [0.25, 0.3) is 0 Å². The van der Waals surface area contributed by atoms with Crippen molar-refractivity contribution in [2.45, 2.75) is 25.8 Å². The van der Waals surface area contributed by atoms with E-state index in [2.05, 4.69) is 15.5 Å². The lowest BCUT2D eigenvalue weighted by atomic mass is 10.1. The molecule has 18 heavy (non-hydrogen) atoms. The third kappa shape index (κ3) is 5.97. The van der Waals surface area contributed by atoms with Crippen LogP contribution in [0.15, 0.2) is 0 Å². The van der Waals surface area contributed by atoms with E-state index in [1.165, 1.54) is 6.92 Å². The molecule has 0 aromatic rings. The van der Waals surface area contributed by atoms with E-state index in [1.807, 2.05) is 0 Å². The highest BCUT2D eigenvalue weighted by Crippen LogP contribution is 2.09. The second-order valence-corrected chi connectivity index (χ2v) is 4.59. The van der Waals surface area contributed by atoms with E-state index >= 15 is 0 Å². The zero-order chi connectivity index (χ0) is 13.4. The molecule has 6 heteroatoms. The van der Waals surface area contributed by atoms with Crippen LogP contribution in [0.4, 0.5) is 0 Å². The summed E-state index contributed by atoms with van der Waals surface area (Å²) in [4.78, 5) is 24.6. The molecule has 0 aromatic heterocycles. The Morgan fingerprint density at radius 3 is 2.56 bits per heavy atom. The highest BCUT2D eigenvalue weighted by molar-refractivity contribution is 5.78. The molecular weight excluding hydrogens is 234 g/mol. The first kappa shape index (κ1) is 14.9. The van der Waals surface area contributed by atoms with Gasteiger partial charge in [-0.3, -0.25) is 14.5 Å². The second-order valence-electron chi connectivity index (χ2n) is 4.59. The molecule has 2 amide bonds. The van der Waals surface area contributed by atoms with Gasteiger partial charge >= 0.3 is 0 Å². The Labute approximate surface area is 108 Å². The number of hydrogen-bond acceptors (Lipinski definition) is 4. The molecule has 1 aliphatic heterocycles. The first-order valence-corrected chi connectivity index (χ1v) is 6.37. The molecule has 1 rings (SSSR count). The van der Waals surface area contributed by atoms with Gasteiger partial charge in [0.05, 0.1) is 13.2 Å². The molecule has 0 saturated carbocycles. The maximum atomic E-state index is 11.6. The number of carbonyl (C=O) groups is 2. The predicted octanol–water partition coefficient (Wildman–Crippen LogP) is -0.650. The van der Waals surface area contributed by atoms with E-state index in [1.54, 1.807) is 7.11 Å². The van der Waals surface area contributed by atoms with Crippen LogP contribution in [0.1, 0.15) is 19.8 Å². The topological polar surface area (TPSA) is 70.7 Å². The van der Waals surface area contributed by atoms with E-state index in [0.717, 1.165) is 25.9 Å². The molecule has 104 valence electrons. The number of piperidine rings is 1. The van der Waals surface area contributed by atoms with Crippen LogP contribution in [-0.2, 0) is 14.3 Å². The molecule has 0 unspecified atom stereocenters. The van der Waals surface area contributed by atoms with Gasteiger partial charge in [0, 0.05) is 39.7 Å². The monoisotopic (exact) mass is 257 g/mol. The smallest absolute Gasteiger partial charge is 0.234 e. The van der Waals surface area contributed by atoms with E-state index in [4.69, 9.17) is 4.74 Å². The van der Waals surface area contributed by atoms with Crippen LogP contribution in [0.2, 0.25) is 0 Å². The third-order valence-corrected chi connectivity index (χ3v) is 2.99. The van der Waals surface area contributed by atoms with Crippen molar-refractivity contribution < 1.29 is 14.3 Å². The molecule has 1 saturated heterocycles. The SMILES string of the molecule is COCCNC(=O)CN1CCC(NC(C)=O)CC1. The summed E-state index contributed by atoms with van der Waals surface area (Å²) in [6, 6.07) is 0.260. The lowest BCUT2D eigenvalue weighted by Crippen LogP contribution is -2.47. The Morgan fingerprint density at radius 2 is 2.00 bits per heavy atom. The van der Waals surface area contributed by atoms with Crippen molar-refractivity contribution in [1.29, 1.82) is 0 Å². The fourth-order valence-corrected chi connectivity index (χ4v) is 2.07. The molecule has 0 aliphatic carbocycles. The van der Waals surface area contributed by atoms with E-state index < -0.39 is 0 Å². The van der Waals surface area contributed by atoms with Crippen LogP contribution in [0.5, 0.6) is 0 Å². The summed E-state index contributed by atoms with van der Waals surface area (Å²) in [7, 11) is 1.61. The van der Waals surface area contributed by atoms with Crippen molar-refractivity contribution >= 4 is 11.8 Å². The number of amides is 2. The largest absolute Gasteiger partial charge is 0.383 e. The Hall–Kier alpha value is -1.14. The number of ether oxygens (including phenoxy) is 1. The number of hydrogen-bond donors (Lipinski definition) is 2. The van der Waals surface area contributed by atoms with Gasteiger partial charge in [0.2, 0.25) is 11.8 Å². The molecule has 0 radical (unpaired) electrons. The highest BCUT2D eigenvalue weighted by atomic mass is 16.5. The minimum Gasteiger partial charge on any atom is -0.383 e. The van der Waals surface area contributed by atoms with Gasteiger partial charge in [0.1, 0.15) is 0 Å². The summed E-state index contributed by atoms with van der Waals surface area (Å²) >= 11 is 0. The minimum atomic E-state index is 0.0192. The van der Waals surface area contributed by atoms with Gasteiger partial charge in [0.15, 0.2) is 0 Å². The molecule has 6 nitrogen and oxygen atoms in total. The standard InChI is InChI=1S/C12H23N3O3/c1-10(16)14-11-3-6-15(7-4-11)9-12(17)13-5-8-18-2/h11H,3-9H2,1-2H3,(H,13,17)(H,14,16). The fraction of sp³-hybridized carbons (Fsp3) is 0.833.